The molecule has 0 aliphatic heterocycles. The Morgan fingerprint density at radius 1 is 1.41 bits per heavy atom. The van der Waals surface area contributed by atoms with E-state index < -0.39 is 0 Å². The van der Waals surface area contributed by atoms with Crippen molar-refractivity contribution < 1.29 is 4.79 Å². The van der Waals surface area contributed by atoms with Crippen LogP contribution in [0.15, 0.2) is 30.3 Å². The van der Waals surface area contributed by atoms with Gasteiger partial charge in [-0.2, -0.15) is 0 Å². The van der Waals surface area contributed by atoms with Crippen molar-refractivity contribution in [2.75, 3.05) is 25.0 Å². The number of carbonyl (C=O) groups excluding carboxylic acids is 1. The molecule has 0 saturated carbocycles. The standard InChI is InChI=1S/C12H17N3OS/c1-14-12(16)9-15(8-7-11(13)17)10-5-3-2-4-6-10/h2-6H,7-9H2,1H3,(H2,13,17)(H,14,16). The number of likely N-dealkylation sites (N-methyl/N-ethyl adjacent to an activating group) is 1. The number of amides is 1. The number of anilines is 1. The van der Waals surface area contributed by atoms with E-state index in [4.69, 9.17) is 18.0 Å². The van der Waals surface area contributed by atoms with E-state index in [2.05, 4.69) is 5.32 Å². The molecular weight excluding hydrogens is 234 g/mol. The summed E-state index contributed by atoms with van der Waals surface area (Å²) in [6.07, 6.45) is 0.598. The van der Waals surface area contributed by atoms with Crippen LogP contribution in [0, 0.1) is 0 Å². The fourth-order valence-electron chi connectivity index (χ4n) is 1.44. The summed E-state index contributed by atoms with van der Waals surface area (Å²) in [5, 5.41) is 2.61. The largest absolute Gasteiger partial charge is 0.393 e. The summed E-state index contributed by atoms with van der Waals surface area (Å²) in [4.78, 5) is 13.8. The highest BCUT2D eigenvalue weighted by Gasteiger charge is 2.10. The van der Waals surface area contributed by atoms with Gasteiger partial charge in [0.2, 0.25) is 5.91 Å². The zero-order chi connectivity index (χ0) is 12.7. The average Bonchev–Trinajstić information content (AvgIpc) is 2.35. The molecule has 17 heavy (non-hydrogen) atoms. The number of nitrogens with two attached hydrogens (primary N) is 1. The average molecular weight is 251 g/mol. The Balaban J connectivity index is 2.71. The molecule has 0 fully saturated rings. The van der Waals surface area contributed by atoms with Gasteiger partial charge in [0.05, 0.1) is 11.5 Å². The number of carbonyl (C=O) groups is 1. The van der Waals surface area contributed by atoms with Crippen LogP contribution in [0.1, 0.15) is 6.42 Å². The van der Waals surface area contributed by atoms with E-state index in [-0.39, 0.29) is 5.91 Å². The van der Waals surface area contributed by atoms with E-state index in [1.54, 1.807) is 7.05 Å². The quantitative estimate of drug-likeness (QED) is 0.738. The van der Waals surface area contributed by atoms with Gasteiger partial charge in [-0.3, -0.25) is 4.79 Å². The second-order valence-corrected chi connectivity index (χ2v) is 4.17. The Morgan fingerprint density at radius 2 is 2.06 bits per heavy atom. The van der Waals surface area contributed by atoms with Gasteiger partial charge in [0, 0.05) is 25.7 Å². The van der Waals surface area contributed by atoms with Gasteiger partial charge in [-0.1, -0.05) is 30.4 Å². The lowest BCUT2D eigenvalue weighted by Gasteiger charge is -2.23. The van der Waals surface area contributed by atoms with Crippen LogP contribution in [-0.2, 0) is 4.79 Å². The number of nitrogens with one attached hydrogen (secondary N) is 1. The zero-order valence-electron chi connectivity index (χ0n) is 9.85. The van der Waals surface area contributed by atoms with E-state index in [1.165, 1.54) is 0 Å². The normalized spacial score (nSPS) is 9.71. The van der Waals surface area contributed by atoms with Crippen LogP contribution >= 0.6 is 12.2 Å². The molecule has 0 aliphatic rings. The lowest BCUT2D eigenvalue weighted by Crippen LogP contribution is -2.37. The van der Waals surface area contributed by atoms with Crippen molar-refractivity contribution in [1.29, 1.82) is 0 Å². The highest BCUT2D eigenvalue weighted by Crippen LogP contribution is 2.13. The molecule has 0 saturated heterocycles. The maximum Gasteiger partial charge on any atom is 0.239 e. The minimum absolute atomic E-state index is 0.0307. The lowest BCUT2D eigenvalue weighted by molar-refractivity contribution is -0.119. The number of nitrogens with zero attached hydrogens (tertiary/aromatic N) is 1. The van der Waals surface area contributed by atoms with Gasteiger partial charge >= 0.3 is 0 Å². The number of benzene rings is 1. The maximum atomic E-state index is 11.4. The van der Waals surface area contributed by atoms with Crippen LogP contribution < -0.4 is 16.0 Å². The molecule has 0 atom stereocenters. The fraction of sp³-hybridized carbons (Fsp3) is 0.333. The maximum absolute atomic E-state index is 11.4. The monoisotopic (exact) mass is 251 g/mol. The zero-order valence-corrected chi connectivity index (χ0v) is 10.7. The molecule has 0 aromatic heterocycles. The van der Waals surface area contributed by atoms with Crippen molar-refractivity contribution in [3.8, 4) is 0 Å². The molecule has 0 spiro atoms. The SMILES string of the molecule is CNC(=O)CN(CCC(N)=S)c1ccccc1. The van der Waals surface area contributed by atoms with Gasteiger partial charge in [0.25, 0.3) is 0 Å². The molecule has 0 radical (unpaired) electrons. The number of hydrogen-bond acceptors (Lipinski definition) is 3. The molecule has 1 aromatic carbocycles. The minimum Gasteiger partial charge on any atom is -0.393 e. The van der Waals surface area contributed by atoms with Crippen LogP contribution in [0.25, 0.3) is 0 Å². The summed E-state index contributed by atoms with van der Waals surface area (Å²) in [5.74, 6) is -0.0307. The molecule has 0 heterocycles. The predicted molar refractivity (Wildman–Crippen MR) is 74.1 cm³/mol. The summed E-state index contributed by atoms with van der Waals surface area (Å²) in [6, 6.07) is 9.74. The molecular formula is C12H17N3OS. The molecule has 0 unspecified atom stereocenters. The number of thiocarbonyl (C=S) groups is 1. The number of rotatable bonds is 6. The predicted octanol–water partition coefficient (Wildman–Crippen LogP) is 0.915. The number of hydrogen-bond donors (Lipinski definition) is 2. The Labute approximate surface area is 107 Å². The van der Waals surface area contributed by atoms with Crippen LogP contribution in [-0.4, -0.2) is 31.0 Å². The van der Waals surface area contributed by atoms with Crippen molar-refractivity contribution in [3.63, 3.8) is 0 Å². The molecule has 4 nitrogen and oxygen atoms in total. The lowest BCUT2D eigenvalue weighted by atomic mass is 10.2. The van der Waals surface area contributed by atoms with Crippen molar-refractivity contribution in [2.24, 2.45) is 5.73 Å². The summed E-state index contributed by atoms with van der Waals surface area (Å²) in [7, 11) is 1.62. The van der Waals surface area contributed by atoms with E-state index >= 15 is 0 Å². The fourth-order valence-corrected chi connectivity index (χ4v) is 1.53. The van der Waals surface area contributed by atoms with Gasteiger partial charge < -0.3 is 16.0 Å². The Kier molecular flexibility index (Phi) is 5.42. The van der Waals surface area contributed by atoms with E-state index in [9.17, 15) is 4.79 Å². The Bertz CT molecular complexity index is 381. The highest BCUT2D eigenvalue weighted by molar-refractivity contribution is 7.80. The van der Waals surface area contributed by atoms with E-state index in [0.717, 1.165) is 5.69 Å². The van der Waals surface area contributed by atoms with Crippen LogP contribution in [0.5, 0.6) is 0 Å². The van der Waals surface area contributed by atoms with Crippen molar-refractivity contribution in [2.45, 2.75) is 6.42 Å². The first-order chi connectivity index (χ1) is 8.13. The number of para-hydroxylation sites is 1. The molecule has 1 rings (SSSR count). The first-order valence-electron chi connectivity index (χ1n) is 5.42. The topological polar surface area (TPSA) is 58.4 Å². The summed E-state index contributed by atoms with van der Waals surface area (Å²) < 4.78 is 0. The van der Waals surface area contributed by atoms with E-state index in [1.807, 2.05) is 35.2 Å². The summed E-state index contributed by atoms with van der Waals surface area (Å²) in [5.41, 5.74) is 6.48. The van der Waals surface area contributed by atoms with Gasteiger partial charge in [-0.15, -0.1) is 0 Å². The Morgan fingerprint density at radius 3 is 2.59 bits per heavy atom. The van der Waals surface area contributed by atoms with Crippen LogP contribution in [0.4, 0.5) is 5.69 Å². The van der Waals surface area contributed by atoms with Gasteiger partial charge in [-0.05, 0) is 12.1 Å². The Hall–Kier alpha value is -1.62. The third-order valence-corrected chi connectivity index (χ3v) is 2.57. The van der Waals surface area contributed by atoms with E-state index in [0.29, 0.717) is 24.5 Å². The minimum atomic E-state index is -0.0307. The van der Waals surface area contributed by atoms with Gasteiger partial charge in [-0.25, -0.2) is 0 Å². The molecule has 0 bridgehead atoms. The molecule has 3 N–H and O–H groups in total. The molecule has 0 aliphatic carbocycles. The first-order valence-corrected chi connectivity index (χ1v) is 5.83. The second-order valence-electron chi connectivity index (χ2n) is 3.65. The van der Waals surface area contributed by atoms with Crippen molar-refractivity contribution >= 4 is 28.8 Å². The van der Waals surface area contributed by atoms with Crippen LogP contribution in [0.3, 0.4) is 0 Å². The van der Waals surface area contributed by atoms with Crippen molar-refractivity contribution in [1.82, 2.24) is 5.32 Å². The molecule has 5 heteroatoms. The second kappa shape index (κ2) is 6.85. The molecule has 1 amide bonds. The summed E-state index contributed by atoms with van der Waals surface area (Å²) in [6.45, 7) is 0.954. The highest BCUT2D eigenvalue weighted by atomic mass is 32.1. The first kappa shape index (κ1) is 13.4. The summed E-state index contributed by atoms with van der Waals surface area (Å²) >= 11 is 4.86. The van der Waals surface area contributed by atoms with Gasteiger partial charge in [0.1, 0.15) is 0 Å². The molecule has 92 valence electrons. The third kappa shape index (κ3) is 4.82. The van der Waals surface area contributed by atoms with Gasteiger partial charge in [0.15, 0.2) is 0 Å². The molecule has 1 aromatic rings. The van der Waals surface area contributed by atoms with Crippen LogP contribution in [0.2, 0.25) is 0 Å². The third-order valence-electron chi connectivity index (χ3n) is 2.36. The smallest absolute Gasteiger partial charge is 0.239 e. The van der Waals surface area contributed by atoms with Crippen molar-refractivity contribution in [3.05, 3.63) is 30.3 Å².